The summed E-state index contributed by atoms with van der Waals surface area (Å²) in [6, 6.07) is 8.56. The average Bonchev–Trinajstić information content (AvgIpc) is 2.85. The van der Waals surface area contributed by atoms with Crippen LogP contribution in [0.3, 0.4) is 0 Å². The number of nitro groups is 1. The molecule has 1 amide bonds. The van der Waals surface area contributed by atoms with Gasteiger partial charge in [-0.1, -0.05) is 17.7 Å². The topological polar surface area (TPSA) is 118 Å². The van der Waals surface area contributed by atoms with Gasteiger partial charge in [-0.25, -0.2) is 4.79 Å². The molecule has 0 atom stereocenters. The van der Waals surface area contributed by atoms with Crippen LogP contribution in [0, 0.1) is 10.1 Å². The van der Waals surface area contributed by atoms with Crippen LogP contribution < -0.4 is 11.1 Å². The van der Waals surface area contributed by atoms with E-state index in [4.69, 9.17) is 16.0 Å². The number of halogens is 1. The molecule has 1 heterocycles. The van der Waals surface area contributed by atoms with Gasteiger partial charge in [0.2, 0.25) is 0 Å². The van der Waals surface area contributed by atoms with E-state index >= 15 is 0 Å². The van der Waals surface area contributed by atoms with Gasteiger partial charge < -0.3 is 9.73 Å². The Bertz CT molecular complexity index is 991. The molecule has 8 nitrogen and oxygen atoms in total. The van der Waals surface area contributed by atoms with E-state index in [-0.39, 0.29) is 10.6 Å². The third-order valence-electron chi connectivity index (χ3n) is 3.09. The first-order valence-corrected chi connectivity index (χ1v) is 6.70. The van der Waals surface area contributed by atoms with E-state index in [0.717, 1.165) is 0 Å². The minimum atomic E-state index is -0.714. The van der Waals surface area contributed by atoms with Gasteiger partial charge in [-0.05, 0) is 30.3 Å². The Morgan fingerprint density at radius 1 is 1.30 bits per heavy atom. The number of benzene rings is 2. The minimum Gasteiger partial charge on any atom is -0.408 e. The van der Waals surface area contributed by atoms with Gasteiger partial charge >= 0.3 is 11.4 Å². The minimum absolute atomic E-state index is 0.128. The Balaban J connectivity index is 1.96. The highest BCUT2D eigenvalue weighted by Crippen LogP contribution is 2.29. The van der Waals surface area contributed by atoms with Crippen molar-refractivity contribution >= 4 is 40.0 Å². The second-order valence-corrected chi connectivity index (χ2v) is 4.98. The molecule has 2 N–H and O–H groups in total. The first kappa shape index (κ1) is 14.8. The number of fused-ring (bicyclic) bond motifs is 1. The Labute approximate surface area is 132 Å². The number of carbonyl (C=O) groups is 1. The molecule has 116 valence electrons. The van der Waals surface area contributed by atoms with Gasteiger partial charge in [-0.2, -0.15) is 0 Å². The number of aromatic nitrogens is 1. The molecule has 2 aromatic carbocycles. The summed E-state index contributed by atoms with van der Waals surface area (Å²) in [4.78, 5) is 36.2. The van der Waals surface area contributed by atoms with Crippen LogP contribution in [0.25, 0.3) is 11.1 Å². The molecule has 0 aliphatic heterocycles. The predicted molar refractivity (Wildman–Crippen MR) is 82.9 cm³/mol. The number of H-pyrrole nitrogens is 1. The maximum atomic E-state index is 12.3. The molecule has 1 aromatic heterocycles. The molecule has 23 heavy (non-hydrogen) atoms. The van der Waals surface area contributed by atoms with Crippen LogP contribution in [-0.4, -0.2) is 15.8 Å². The molecule has 0 unspecified atom stereocenters. The average molecular weight is 334 g/mol. The molecule has 0 saturated heterocycles. The second-order valence-electron chi connectivity index (χ2n) is 4.57. The number of aromatic amines is 1. The predicted octanol–water partition coefficient (Wildman–Crippen LogP) is 2.94. The summed E-state index contributed by atoms with van der Waals surface area (Å²) in [5.74, 6) is -1.31. The Hall–Kier alpha value is -3.13. The van der Waals surface area contributed by atoms with Gasteiger partial charge in [-0.3, -0.25) is 19.9 Å². The fourth-order valence-corrected chi connectivity index (χ4v) is 2.36. The highest BCUT2D eigenvalue weighted by atomic mass is 35.5. The number of oxazole rings is 1. The van der Waals surface area contributed by atoms with Gasteiger partial charge in [0.15, 0.2) is 5.58 Å². The smallest absolute Gasteiger partial charge is 0.408 e. The zero-order valence-corrected chi connectivity index (χ0v) is 12.1. The molecular formula is C14H8ClN3O5. The van der Waals surface area contributed by atoms with E-state index in [1.54, 1.807) is 0 Å². The van der Waals surface area contributed by atoms with Crippen LogP contribution >= 0.6 is 11.6 Å². The molecule has 0 spiro atoms. The van der Waals surface area contributed by atoms with E-state index in [1.165, 1.54) is 36.4 Å². The van der Waals surface area contributed by atoms with E-state index < -0.39 is 22.3 Å². The zero-order valence-electron chi connectivity index (χ0n) is 11.3. The summed E-state index contributed by atoms with van der Waals surface area (Å²) in [5, 5.41) is 13.5. The van der Waals surface area contributed by atoms with Gasteiger partial charge in [0.25, 0.3) is 5.91 Å². The van der Waals surface area contributed by atoms with Crippen LogP contribution in [0.5, 0.6) is 0 Å². The highest BCUT2D eigenvalue weighted by Gasteiger charge is 2.23. The monoisotopic (exact) mass is 333 g/mol. The van der Waals surface area contributed by atoms with E-state index in [2.05, 4.69) is 10.3 Å². The summed E-state index contributed by atoms with van der Waals surface area (Å²) in [6.45, 7) is 0. The fourth-order valence-electron chi connectivity index (χ4n) is 2.11. The molecule has 9 heteroatoms. The third kappa shape index (κ3) is 2.79. The lowest BCUT2D eigenvalue weighted by atomic mass is 10.1. The Morgan fingerprint density at radius 3 is 2.83 bits per heavy atom. The second kappa shape index (κ2) is 5.58. The third-order valence-corrected chi connectivity index (χ3v) is 3.40. The van der Waals surface area contributed by atoms with Crippen LogP contribution in [-0.2, 0) is 0 Å². The van der Waals surface area contributed by atoms with E-state index in [1.807, 2.05) is 0 Å². The van der Waals surface area contributed by atoms with Crippen molar-refractivity contribution in [3.63, 3.8) is 0 Å². The number of rotatable bonds is 3. The molecule has 3 rings (SSSR count). The Morgan fingerprint density at radius 2 is 2.09 bits per heavy atom. The normalized spacial score (nSPS) is 10.7. The van der Waals surface area contributed by atoms with Crippen LogP contribution in [0.2, 0.25) is 5.02 Å². The van der Waals surface area contributed by atoms with Crippen molar-refractivity contribution in [2.75, 3.05) is 5.32 Å². The number of nitro benzene ring substituents is 1. The van der Waals surface area contributed by atoms with E-state index in [0.29, 0.717) is 16.8 Å². The Kier molecular flexibility index (Phi) is 3.59. The van der Waals surface area contributed by atoms with Crippen molar-refractivity contribution in [3.05, 3.63) is 67.6 Å². The number of nitrogens with zero attached hydrogens (tertiary/aromatic N) is 1. The maximum absolute atomic E-state index is 12.3. The van der Waals surface area contributed by atoms with Gasteiger partial charge in [0, 0.05) is 5.69 Å². The lowest BCUT2D eigenvalue weighted by Crippen LogP contribution is -2.14. The summed E-state index contributed by atoms with van der Waals surface area (Å²) in [7, 11) is 0. The summed E-state index contributed by atoms with van der Waals surface area (Å²) < 4.78 is 4.85. The van der Waals surface area contributed by atoms with Gasteiger partial charge in [0.1, 0.15) is 10.6 Å². The zero-order chi connectivity index (χ0) is 16.6. The van der Waals surface area contributed by atoms with Crippen molar-refractivity contribution in [3.8, 4) is 0 Å². The largest absolute Gasteiger partial charge is 0.417 e. The SMILES string of the molecule is O=C(Nc1ccc2oc(=O)[nH]c2c1)c1cccc(Cl)c1[N+](=O)[O-]. The molecule has 0 aliphatic carbocycles. The van der Waals surface area contributed by atoms with Gasteiger partial charge in [-0.15, -0.1) is 0 Å². The van der Waals surface area contributed by atoms with Gasteiger partial charge in [0.05, 0.1) is 10.4 Å². The highest BCUT2D eigenvalue weighted by molar-refractivity contribution is 6.33. The van der Waals surface area contributed by atoms with Crippen LogP contribution in [0.15, 0.2) is 45.6 Å². The van der Waals surface area contributed by atoms with Crippen LogP contribution in [0.4, 0.5) is 11.4 Å². The first-order chi connectivity index (χ1) is 11.0. The first-order valence-electron chi connectivity index (χ1n) is 6.33. The lowest BCUT2D eigenvalue weighted by Gasteiger charge is -2.06. The number of para-hydroxylation sites is 1. The summed E-state index contributed by atoms with van der Waals surface area (Å²) >= 11 is 5.78. The number of hydrogen-bond donors (Lipinski definition) is 2. The van der Waals surface area contributed by atoms with E-state index in [9.17, 15) is 19.7 Å². The molecule has 0 aliphatic rings. The molecule has 0 fully saturated rings. The number of carbonyl (C=O) groups excluding carboxylic acids is 1. The van der Waals surface area contributed by atoms with Crippen molar-refractivity contribution < 1.29 is 14.1 Å². The van der Waals surface area contributed by atoms with Crippen molar-refractivity contribution in [2.24, 2.45) is 0 Å². The van der Waals surface area contributed by atoms with Crippen molar-refractivity contribution in [2.45, 2.75) is 0 Å². The summed E-state index contributed by atoms with van der Waals surface area (Å²) in [5.41, 5.74) is 0.441. The number of nitrogens with one attached hydrogen (secondary N) is 2. The summed E-state index contributed by atoms with van der Waals surface area (Å²) in [6.07, 6.45) is 0. The quantitative estimate of drug-likeness (QED) is 0.564. The molecular weight excluding hydrogens is 326 g/mol. The molecule has 0 bridgehead atoms. The van der Waals surface area contributed by atoms with Crippen molar-refractivity contribution in [1.29, 1.82) is 0 Å². The van der Waals surface area contributed by atoms with Crippen molar-refractivity contribution in [1.82, 2.24) is 4.98 Å². The molecule has 0 saturated carbocycles. The molecule has 3 aromatic rings. The fraction of sp³-hybridized carbons (Fsp3) is 0. The maximum Gasteiger partial charge on any atom is 0.417 e. The lowest BCUT2D eigenvalue weighted by molar-refractivity contribution is -0.385. The number of hydrogen-bond acceptors (Lipinski definition) is 5. The number of amides is 1. The standard InChI is InChI=1S/C14H8ClN3O5/c15-9-3-1-2-8(12(9)18(21)22)13(19)16-7-4-5-11-10(6-7)17-14(20)23-11/h1-6H,(H,16,19)(H,17,20). The van der Waals surface area contributed by atoms with Crippen LogP contribution in [0.1, 0.15) is 10.4 Å². The molecule has 0 radical (unpaired) electrons. The number of anilines is 1.